The van der Waals surface area contributed by atoms with Crippen LogP contribution >= 0.6 is 0 Å². The summed E-state index contributed by atoms with van der Waals surface area (Å²) in [5.41, 5.74) is 7.16. The lowest BCUT2D eigenvalue weighted by Gasteiger charge is -2.26. The minimum Gasteiger partial charge on any atom is -0.397 e. The molecule has 1 aromatic rings. The molecule has 1 fully saturated rings. The van der Waals surface area contributed by atoms with Crippen LogP contribution in [0.5, 0.6) is 0 Å². The van der Waals surface area contributed by atoms with Crippen LogP contribution < -0.4 is 11.1 Å². The third-order valence-corrected chi connectivity index (χ3v) is 4.27. The zero-order valence-electron chi connectivity index (χ0n) is 13.0. The first-order chi connectivity index (χ1) is 10.2. The van der Waals surface area contributed by atoms with Gasteiger partial charge in [0.1, 0.15) is 0 Å². The molecule has 1 amide bonds. The van der Waals surface area contributed by atoms with Crippen molar-refractivity contribution in [2.45, 2.75) is 51.5 Å². The minimum absolute atomic E-state index is 0.0513. The van der Waals surface area contributed by atoms with E-state index in [0.29, 0.717) is 23.8 Å². The van der Waals surface area contributed by atoms with Crippen molar-refractivity contribution < 1.29 is 4.79 Å². The fourth-order valence-electron chi connectivity index (χ4n) is 2.93. The lowest BCUT2D eigenvalue weighted by atomic mass is 10.1. The summed E-state index contributed by atoms with van der Waals surface area (Å²) in [6, 6.07) is 8.04. The number of rotatable bonds is 5. The Morgan fingerprint density at radius 2 is 2.14 bits per heavy atom. The Balaban J connectivity index is 1.73. The van der Waals surface area contributed by atoms with Crippen LogP contribution in [0.3, 0.4) is 0 Å². The highest BCUT2D eigenvalue weighted by Crippen LogP contribution is 2.18. The number of anilines is 2. The Bertz CT molecular complexity index is 461. The van der Waals surface area contributed by atoms with Gasteiger partial charge in [0.2, 0.25) is 5.91 Å². The number of carbonyl (C=O) groups is 1. The van der Waals surface area contributed by atoms with Crippen molar-refractivity contribution in [1.29, 1.82) is 0 Å². The Kier molecular flexibility index (Phi) is 6.05. The average Bonchev–Trinajstić information content (AvgIpc) is 2.67. The van der Waals surface area contributed by atoms with Gasteiger partial charge in [-0.1, -0.05) is 25.0 Å². The number of amides is 1. The molecule has 1 saturated heterocycles. The van der Waals surface area contributed by atoms with Crippen molar-refractivity contribution in [3.05, 3.63) is 24.3 Å². The molecule has 1 aromatic carbocycles. The van der Waals surface area contributed by atoms with E-state index in [1.807, 2.05) is 18.2 Å². The monoisotopic (exact) mass is 289 g/mol. The first-order valence-corrected chi connectivity index (χ1v) is 8.05. The maximum Gasteiger partial charge on any atom is 0.224 e. The van der Waals surface area contributed by atoms with Gasteiger partial charge in [-0.3, -0.25) is 4.79 Å². The van der Waals surface area contributed by atoms with Crippen LogP contribution in [-0.4, -0.2) is 29.9 Å². The molecule has 2 rings (SSSR count). The highest BCUT2D eigenvalue weighted by Gasteiger charge is 2.16. The molecule has 0 aromatic heterocycles. The molecule has 1 aliphatic heterocycles. The van der Waals surface area contributed by atoms with Crippen molar-refractivity contribution >= 4 is 17.3 Å². The second-order valence-corrected chi connectivity index (χ2v) is 5.97. The molecule has 0 spiro atoms. The Labute approximate surface area is 127 Å². The quantitative estimate of drug-likeness (QED) is 0.818. The van der Waals surface area contributed by atoms with Gasteiger partial charge in [-0.05, 0) is 51.4 Å². The first-order valence-electron chi connectivity index (χ1n) is 8.05. The molecule has 0 saturated carbocycles. The van der Waals surface area contributed by atoms with Crippen LogP contribution in [0.2, 0.25) is 0 Å². The maximum absolute atomic E-state index is 12.0. The van der Waals surface area contributed by atoms with E-state index in [1.165, 1.54) is 32.2 Å². The number of nitrogens with one attached hydrogen (secondary N) is 1. The molecule has 4 heteroatoms. The van der Waals surface area contributed by atoms with Gasteiger partial charge in [-0.15, -0.1) is 0 Å². The van der Waals surface area contributed by atoms with E-state index in [4.69, 9.17) is 5.73 Å². The highest BCUT2D eigenvalue weighted by molar-refractivity contribution is 5.93. The lowest BCUT2D eigenvalue weighted by Crippen LogP contribution is -2.33. The van der Waals surface area contributed by atoms with Crippen molar-refractivity contribution in [3.63, 3.8) is 0 Å². The van der Waals surface area contributed by atoms with Gasteiger partial charge in [0.05, 0.1) is 11.4 Å². The molecule has 0 radical (unpaired) electrons. The molecule has 0 aliphatic carbocycles. The van der Waals surface area contributed by atoms with E-state index in [0.717, 1.165) is 13.0 Å². The molecule has 1 unspecified atom stereocenters. The standard InChI is InChI=1S/C17H27N3O/c1-14-8-3-2-6-12-20(14)13-7-11-17(21)19-16-10-5-4-9-15(16)18/h4-5,9-10,14H,2-3,6-8,11-13,18H2,1H3,(H,19,21). The summed E-state index contributed by atoms with van der Waals surface area (Å²) < 4.78 is 0. The van der Waals surface area contributed by atoms with Crippen LogP contribution in [0.15, 0.2) is 24.3 Å². The summed E-state index contributed by atoms with van der Waals surface area (Å²) in [6.07, 6.45) is 6.71. The predicted molar refractivity (Wildman–Crippen MR) is 88.2 cm³/mol. The van der Waals surface area contributed by atoms with Crippen LogP contribution in [-0.2, 0) is 4.79 Å². The van der Waals surface area contributed by atoms with E-state index in [-0.39, 0.29) is 5.91 Å². The second kappa shape index (κ2) is 8.03. The molecule has 1 atom stereocenters. The number of nitrogens with zero attached hydrogens (tertiary/aromatic N) is 1. The third-order valence-electron chi connectivity index (χ3n) is 4.27. The number of nitrogens with two attached hydrogens (primary N) is 1. The Hall–Kier alpha value is -1.55. The van der Waals surface area contributed by atoms with Gasteiger partial charge in [-0.25, -0.2) is 0 Å². The summed E-state index contributed by atoms with van der Waals surface area (Å²) in [6.45, 7) is 4.49. The zero-order chi connectivity index (χ0) is 15.1. The molecule has 21 heavy (non-hydrogen) atoms. The fraction of sp³-hybridized carbons (Fsp3) is 0.588. The van der Waals surface area contributed by atoms with Crippen LogP contribution in [0.25, 0.3) is 0 Å². The molecule has 1 aliphatic rings. The molecular weight excluding hydrogens is 262 g/mol. The van der Waals surface area contributed by atoms with Crippen LogP contribution in [0.1, 0.15) is 45.4 Å². The van der Waals surface area contributed by atoms with Gasteiger partial charge in [0.25, 0.3) is 0 Å². The number of hydrogen-bond donors (Lipinski definition) is 2. The second-order valence-electron chi connectivity index (χ2n) is 5.97. The minimum atomic E-state index is 0.0513. The lowest BCUT2D eigenvalue weighted by molar-refractivity contribution is -0.116. The summed E-state index contributed by atoms with van der Waals surface area (Å²) in [4.78, 5) is 14.5. The van der Waals surface area contributed by atoms with Crippen molar-refractivity contribution in [2.75, 3.05) is 24.1 Å². The summed E-state index contributed by atoms with van der Waals surface area (Å²) in [5.74, 6) is 0.0513. The number of para-hydroxylation sites is 2. The predicted octanol–water partition coefficient (Wildman–Crippen LogP) is 3.25. The van der Waals surface area contributed by atoms with Crippen LogP contribution in [0.4, 0.5) is 11.4 Å². The summed E-state index contributed by atoms with van der Waals surface area (Å²) >= 11 is 0. The number of hydrogen-bond acceptors (Lipinski definition) is 3. The smallest absolute Gasteiger partial charge is 0.224 e. The number of carbonyl (C=O) groups excluding carboxylic acids is 1. The van der Waals surface area contributed by atoms with E-state index >= 15 is 0 Å². The average molecular weight is 289 g/mol. The fourth-order valence-corrected chi connectivity index (χ4v) is 2.93. The molecule has 116 valence electrons. The van der Waals surface area contributed by atoms with E-state index in [9.17, 15) is 4.79 Å². The first kappa shape index (κ1) is 15.8. The van der Waals surface area contributed by atoms with Crippen LogP contribution in [0, 0.1) is 0 Å². The summed E-state index contributed by atoms with van der Waals surface area (Å²) in [7, 11) is 0. The van der Waals surface area contributed by atoms with Gasteiger partial charge >= 0.3 is 0 Å². The molecule has 1 heterocycles. The van der Waals surface area contributed by atoms with E-state index in [2.05, 4.69) is 17.1 Å². The highest BCUT2D eigenvalue weighted by atomic mass is 16.1. The number of likely N-dealkylation sites (tertiary alicyclic amines) is 1. The molecule has 4 nitrogen and oxygen atoms in total. The topological polar surface area (TPSA) is 58.4 Å². The van der Waals surface area contributed by atoms with Gasteiger partial charge in [0, 0.05) is 12.5 Å². The van der Waals surface area contributed by atoms with E-state index in [1.54, 1.807) is 6.07 Å². The Morgan fingerprint density at radius 3 is 2.95 bits per heavy atom. The SMILES string of the molecule is CC1CCCCCN1CCCC(=O)Nc1ccccc1N. The number of nitrogen functional groups attached to an aromatic ring is 1. The molecular formula is C17H27N3O. The largest absolute Gasteiger partial charge is 0.397 e. The summed E-state index contributed by atoms with van der Waals surface area (Å²) in [5, 5.41) is 2.89. The van der Waals surface area contributed by atoms with Crippen molar-refractivity contribution in [1.82, 2.24) is 4.90 Å². The Morgan fingerprint density at radius 1 is 1.33 bits per heavy atom. The van der Waals surface area contributed by atoms with Gasteiger partial charge < -0.3 is 16.0 Å². The molecule has 3 N–H and O–H groups in total. The van der Waals surface area contributed by atoms with Crippen molar-refractivity contribution in [2.24, 2.45) is 0 Å². The maximum atomic E-state index is 12.0. The number of benzene rings is 1. The third kappa shape index (κ3) is 5.05. The molecule has 0 bridgehead atoms. The van der Waals surface area contributed by atoms with Gasteiger partial charge in [-0.2, -0.15) is 0 Å². The van der Waals surface area contributed by atoms with Gasteiger partial charge in [0.15, 0.2) is 0 Å². The zero-order valence-corrected chi connectivity index (χ0v) is 13.0. The van der Waals surface area contributed by atoms with E-state index < -0.39 is 0 Å². The van der Waals surface area contributed by atoms with Crippen molar-refractivity contribution in [3.8, 4) is 0 Å². The normalized spacial score (nSPS) is 20.0.